The third-order valence-corrected chi connectivity index (χ3v) is 5.07. The van der Waals surface area contributed by atoms with Crippen LogP contribution in [-0.4, -0.2) is 30.5 Å². The fraction of sp³-hybridized carbons (Fsp3) is 0.600. The van der Waals surface area contributed by atoms with Gasteiger partial charge < -0.3 is 15.4 Å². The molecule has 26 heavy (non-hydrogen) atoms. The molecule has 2 amide bonds. The predicted molar refractivity (Wildman–Crippen MR) is 103 cm³/mol. The first-order chi connectivity index (χ1) is 12.6. The lowest BCUT2D eigenvalue weighted by molar-refractivity contribution is -0.135. The second-order valence-electron chi connectivity index (χ2n) is 6.83. The molecule has 1 aliphatic rings. The lowest BCUT2D eigenvalue weighted by Gasteiger charge is -2.36. The summed E-state index contributed by atoms with van der Waals surface area (Å²) in [5.74, 6) is 0.349. The molecule has 0 unspecified atom stereocenters. The number of ether oxygens (including phenoxy) is 1. The molecule has 1 aromatic rings. The van der Waals surface area contributed by atoms with E-state index in [-0.39, 0.29) is 24.8 Å². The van der Waals surface area contributed by atoms with Crippen molar-refractivity contribution in [3.63, 3.8) is 0 Å². The van der Waals surface area contributed by atoms with Crippen molar-refractivity contribution in [2.75, 3.05) is 13.2 Å². The maximum Gasteiger partial charge on any atom is 0.245 e. The number of para-hydroxylation sites is 1. The Morgan fingerprint density at radius 1 is 1.19 bits per heavy atom. The van der Waals surface area contributed by atoms with E-state index >= 15 is 0 Å². The van der Waals surface area contributed by atoms with Crippen LogP contribution in [-0.2, 0) is 9.59 Å². The minimum atomic E-state index is -0.770. The Balaban J connectivity index is 1.87. The van der Waals surface area contributed by atoms with Gasteiger partial charge in [-0.25, -0.2) is 0 Å². The average Bonchev–Trinajstić information content (AvgIpc) is 2.64. The van der Waals surface area contributed by atoms with Crippen LogP contribution >= 0.6 is 11.6 Å². The highest BCUT2D eigenvalue weighted by Crippen LogP contribution is 2.29. The van der Waals surface area contributed by atoms with Gasteiger partial charge in [-0.15, -0.1) is 0 Å². The highest BCUT2D eigenvalue weighted by molar-refractivity contribution is 6.32. The lowest BCUT2D eigenvalue weighted by atomic mass is 9.80. The van der Waals surface area contributed by atoms with Gasteiger partial charge in [0.2, 0.25) is 11.8 Å². The fourth-order valence-corrected chi connectivity index (χ4v) is 3.45. The van der Waals surface area contributed by atoms with Gasteiger partial charge in [0.1, 0.15) is 11.3 Å². The molecular weight excluding hydrogens is 352 g/mol. The fourth-order valence-electron chi connectivity index (χ4n) is 3.26. The standard InChI is InChI=1S/C20H29ClN2O3/c1-2-3-14-22-19(25)20(12-7-4-8-13-20)23-18(24)11-15-26-17-10-6-5-9-16(17)21/h5-6,9-10H,2-4,7-8,11-15H2,1H3,(H,22,25)(H,23,24). The maximum absolute atomic E-state index is 12.7. The minimum absolute atomic E-state index is 0.0500. The van der Waals surface area contributed by atoms with E-state index in [1.54, 1.807) is 12.1 Å². The van der Waals surface area contributed by atoms with Gasteiger partial charge in [-0.1, -0.05) is 56.3 Å². The Kier molecular flexibility index (Phi) is 8.23. The first kappa shape index (κ1) is 20.6. The predicted octanol–water partition coefficient (Wildman–Crippen LogP) is 3.84. The quantitative estimate of drug-likeness (QED) is 0.639. The van der Waals surface area contributed by atoms with E-state index in [4.69, 9.17) is 16.3 Å². The Hall–Kier alpha value is -1.75. The van der Waals surface area contributed by atoms with E-state index in [1.165, 1.54) is 0 Å². The molecule has 5 nitrogen and oxygen atoms in total. The van der Waals surface area contributed by atoms with Crippen molar-refractivity contribution in [3.8, 4) is 5.75 Å². The monoisotopic (exact) mass is 380 g/mol. The summed E-state index contributed by atoms with van der Waals surface area (Å²) in [6.45, 7) is 2.97. The highest BCUT2D eigenvalue weighted by atomic mass is 35.5. The van der Waals surface area contributed by atoms with Crippen LogP contribution in [0.15, 0.2) is 24.3 Å². The average molecular weight is 381 g/mol. The van der Waals surface area contributed by atoms with Gasteiger partial charge in [0, 0.05) is 6.54 Å². The molecule has 0 spiro atoms. The molecule has 6 heteroatoms. The zero-order valence-corrected chi connectivity index (χ0v) is 16.2. The van der Waals surface area contributed by atoms with E-state index in [0.717, 1.165) is 32.1 Å². The molecule has 0 saturated heterocycles. The van der Waals surface area contributed by atoms with Gasteiger partial charge in [-0.2, -0.15) is 0 Å². The molecule has 0 bridgehead atoms. The van der Waals surface area contributed by atoms with Crippen LogP contribution in [0.4, 0.5) is 0 Å². The van der Waals surface area contributed by atoms with Crippen LogP contribution in [0.25, 0.3) is 0 Å². The topological polar surface area (TPSA) is 67.4 Å². The first-order valence-electron chi connectivity index (χ1n) is 9.54. The largest absolute Gasteiger partial charge is 0.491 e. The van der Waals surface area contributed by atoms with Crippen LogP contribution in [0.2, 0.25) is 5.02 Å². The summed E-state index contributed by atoms with van der Waals surface area (Å²) in [5.41, 5.74) is -0.770. The number of amides is 2. The lowest BCUT2D eigenvalue weighted by Crippen LogP contribution is -2.60. The molecule has 1 aromatic carbocycles. The van der Waals surface area contributed by atoms with Crippen molar-refractivity contribution in [2.24, 2.45) is 0 Å². The van der Waals surface area contributed by atoms with Crippen LogP contribution in [0.3, 0.4) is 0 Å². The van der Waals surface area contributed by atoms with E-state index < -0.39 is 5.54 Å². The second kappa shape index (κ2) is 10.4. The summed E-state index contributed by atoms with van der Waals surface area (Å²) in [5, 5.41) is 6.50. The van der Waals surface area contributed by atoms with E-state index in [2.05, 4.69) is 17.6 Å². The summed E-state index contributed by atoms with van der Waals surface area (Å²) in [7, 11) is 0. The first-order valence-corrected chi connectivity index (χ1v) is 9.92. The van der Waals surface area contributed by atoms with Crippen molar-refractivity contribution in [1.29, 1.82) is 0 Å². The third-order valence-electron chi connectivity index (χ3n) is 4.76. The van der Waals surface area contributed by atoms with Crippen molar-refractivity contribution in [1.82, 2.24) is 10.6 Å². The van der Waals surface area contributed by atoms with Gasteiger partial charge in [0.15, 0.2) is 0 Å². The smallest absolute Gasteiger partial charge is 0.245 e. The number of carbonyl (C=O) groups excluding carboxylic acids is 2. The van der Waals surface area contributed by atoms with Crippen molar-refractivity contribution >= 4 is 23.4 Å². The number of hydrogen-bond donors (Lipinski definition) is 2. The molecule has 0 aliphatic heterocycles. The van der Waals surface area contributed by atoms with E-state index in [0.29, 0.717) is 30.2 Å². The molecule has 1 saturated carbocycles. The molecule has 0 radical (unpaired) electrons. The number of carbonyl (C=O) groups is 2. The van der Waals surface area contributed by atoms with Crippen molar-refractivity contribution < 1.29 is 14.3 Å². The molecule has 1 fully saturated rings. The molecular formula is C20H29ClN2O3. The number of nitrogens with one attached hydrogen (secondary N) is 2. The summed E-state index contributed by atoms with van der Waals surface area (Å²) in [4.78, 5) is 25.1. The summed E-state index contributed by atoms with van der Waals surface area (Å²) in [6, 6.07) is 7.17. The zero-order valence-electron chi connectivity index (χ0n) is 15.5. The third kappa shape index (κ3) is 5.90. The number of unbranched alkanes of at least 4 members (excludes halogenated alkanes) is 1. The molecule has 0 aromatic heterocycles. The molecule has 2 rings (SSSR count). The van der Waals surface area contributed by atoms with Gasteiger partial charge >= 0.3 is 0 Å². The SMILES string of the molecule is CCCCNC(=O)C1(NC(=O)CCOc2ccccc2Cl)CCCCC1. The molecule has 2 N–H and O–H groups in total. The minimum Gasteiger partial charge on any atom is -0.491 e. The highest BCUT2D eigenvalue weighted by Gasteiger charge is 2.40. The summed E-state index contributed by atoms with van der Waals surface area (Å²) >= 11 is 6.04. The number of benzene rings is 1. The second-order valence-corrected chi connectivity index (χ2v) is 7.24. The van der Waals surface area contributed by atoms with Gasteiger partial charge in [-0.3, -0.25) is 9.59 Å². The van der Waals surface area contributed by atoms with Crippen molar-refractivity contribution in [2.45, 2.75) is 63.8 Å². The Morgan fingerprint density at radius 2 is 1.92 bits per heavy atom. The summed E-state index contributed by atoms with van der Waals surface area (Å²) in [6.07, 6.45) is 6.57. The van der Waals surface area contributed by atoms with Gasteiger partial charge in [0.05, 0.1) is 18.1 Å². The Morgan fingerprint density at radius 3 is 2.62 bits per heavy atom. The van der Waals surface area contributed by atoms with Crippen molar-refractivity contribution in [3.05, 3.63) is 29.3 Å². The molecule has 0 heterocycles. The normalized spacial score (nSPS) is 15.9. The van der Waals surface area contributed by atoms with E-state index in [1.807, 2.05) is 12.1 Å². The Bertz CT molecular complexity index is 600. The molecule has 1 aliphatic carbocycles. The van der Waals surface area contributed by atoms with Crippen LogP contribution in [0.1, 0.15) is 58.3 Å². The van der Waals surface area contributed by atoms with Crippen LogP contribution in [0.5, 0.6) is 5.75 Å². The number of rotatable bonds is 9. The summed E-state index contributed by atoms with van der Waals surface area (Å²) < 4.78 is 5.58. The molecule has 144 valence electrons. The Labute approximate surface area is 160 Å². The number of hydrogen-bond acceptors (Lipinski definition) is 3. The maximum atomic E-state index is 12.7. The van der Waals surface area contributed by atoms with Gasteiger partial charge in [0.25, 0.3) is 0 Å². The van der Waals surface area contributed by atoms with Gasteiger partial charge in [-0.05, 0) is 31.4 Å². The zero-order chi connectivity index (χ0) is 18.8. The number of halogens is 1. The van der Waals surface area contributed by atoms with Crippen LogP contribution < -0.4 is 15.4 Å². The molecule has 0 atom stereocenters. The van der Waals surface area contributed by atoms with E-state index in [9.17, 15) is 9.59 Å². The van der Waals surface area contributed by atoms with Crippen LogP contribution in [0, 0.1) is 0 Å².